The molecule has 0 aliphatic rings. The van der Waals surface area contributed by atoms with Gasteiger partial charge in [0.2, 0.25) is 0 Å². The number of thiophene rings is 1. The van der Waals surface area contributed by atoms with Crippen LogP contribution in [0.5, 0.6) is 11.5 Å². The van der Waals surface area contributed by atoms with Crippen LogP contribution in [-0.4, -0.2) is 30.1 Å². The Morgan fingerprint density at radius 2 is 1.86 bits per heavy atom. The minimum atomic E-state index is -0.671. The average Bonchev–Trinajstić information content (AvgIpc) is 3.20. The maximum absolute atomic E-state index is 12.9. The van der Waals surface area contributed by atoms with Gasteiger partial charge >= 0.3 is 5.63 Å². The van der Waals surface area contributed by atoms with Crippen molar-refractivity contribution in [2.24, 2.45) is 0 Å². The Bertz CT molecular complexity index is 1720. The molecule has 5 rings (SSSR count). The number of rotatable bonds is 5. The van der Waals surface area contributed by atoms with Crippen molar-refractivity contribution in [2.75, 3.05) is 19.5 Å². The molecule has 2 aromatic carbocycles. The molecule has 0 saturated heterocycles. The van der Waals surface area contributed by atoms with Crippen LogP contribution < -0.4 is 26.0 Å². The van der Waals surface area contributed by atoms with Crippen molar-refractivity contribution in [3.8, 4) is 22.9 Å². The summed E-state index contributed by atoms with van der Waals surface area (Å²) in [5, 5.41) is 3.73. The number of amides is 1. The van der Waals surface area contributed by atoms with E-state index in [1.807, 2.05) is 0 Å². The number of aromatic amines is 1. The van der Waals surface area contributed by atoms with Crippen molar-refractivity contribution in [3.63, 3.8) is 0 Å². The van der Waals surface area contributed by atoms with E-state index in [2.05, 4.69) is 15.3 Å². The molecular weight excluding hydrogens is 470 g/mol. The lowest BCUT2D eigenvalue weighted by atomic mass is 10.1. The van der Waals surface area contributed by atoms with E-state index in [0.717, 1.165) is 11.3 Å². The van der Waals surface area contributed by atoms with Gasteiger partial charge in [-0.25, -0.2) is 9.78 Å². The lowest BCUT2D eigenvalue weighted by molar-refractivity contribution is 0.103. The van der Waals surface area contributed by atoms with Crippen LogP contribution in [0.15, 0.2) is 62.5 Å². The molecule has 10 heteroatoms. The van der Waals surface area contributed by atoms with E-state index in [1.54, 1.807) is 62.6 Å². The summed E-state index contributed by atoms with van der Waals surface area (Å²) in [5.41, 5.74) is 0.366. The summed E-state index contributed by atoms with van der Waals surface area (Å²) in [6, 6.07) is 13.7. The van der Waals surface area contributed by atoms with Crippen molar-refractivity contribution in [1.29, 1.82) is 0 Å². The number of nitrogens with zero attached hydrogens (tertiary/aromatic N) is 1. The third-order valence-electron chi connectivity index (χ3n) is 5.55. The third-order valence-corrected chi connectivity index (χ3v) is 6.74. The normalized spacial score (nSPS) is 11.1. The fraction of sp³-hybridized carbons (Fsp3) is 0.120. The highest BCUT2D eigenvalue weighted by molar-refractivity contribution is 7.20. The fourth-order valence-electron chi connectivity index (χ4n) is 3.79. The largest absolute Gasteiger partial charge is 0.497 e. The molecule has 0 saturated carbocycles. The van der Waals surface area contributed by atoms with E-state index in [1.165, 1.54) is 7.11 Å². The molecule has 3 heterocycles. The molecule has 0 aliphatic heterocycles. The first-order chi connectivity index (χ1) is 16.9. The Balaban J connectivity index is 1.56. The van der Waals surface area contributed by atoms with Crippen molar-refractivity contribution in [2.45, 2.75) is 6.92 Å². The van der Waals surface area contributed by atoms with E-state index in [4.69, 9.17) is 13.9 Å². The number of hydrogen-bond donors (Lipinski definition) is 2. The minimum Gasteiger partial charge on any atom is -0.497 e. The van der Waals surface area contributed by atoms with Gasteiger partial charge in [-0.05, 0) is 48.9 Å². The van der Waals surface area contributed by atoms with Crippen LogP contribution in [0.25, 0.3) is 32.6 Å². The highest BCUT2D eigenvalue weighted by atomic mass is 32.1. The van der Waals surface area contributed by atoms with Gasteiger partial charge in [-0.2, -0.15) is 0 Å². The first-order valence-corrected chi connectivity index (χ1v) is 11.3. The second-order valence-corrected chi connectivity index (χ2v) is 8.66. The molecule has 0 bridgehead atoms. The summed E-state index contributed by atoms with van der Waals surface area (Å²) >= 11 is 1.08. The highest BCUT2D eigenvalue weighted by Gasteiger charge is 2.21. The van der Waals surface area contributed by atoms with Gasteiger partial charge in [-0.3, -0.25) is 9.59 Å². The number of aryl methyl sites for hydroxylation is 1. The van der Waals surface area contributed by atoms with Crippen molar-refractivity contribution in [1.82, 2.24) is 9.97 Å². The number of methoxy groups -OCH3 is 2. The van der Waals surface area contributed by atoms with Crippen molar-refractivity contribution in [3.05, 3.63) is 79.7 Å². The van der Waals surface area contributed by atoms with Crippen molar-refractivity contribution < 1.29 is 18.7 Å². The van der Waals surface area contributed by atoms with Crippen molar-refractivity contribution >= 4 is 44.1 Å². The number of H-pyrrole nitrogens is 1. The molecule has 0 spiro atoms. The summed E-state index contributed by atoms with van der Waals surface area (Å²) in [4.78, 5) is 46.4. The molecule has 0 atom stereocenters. The standard InChI is InChI=1S/C25H19N3O6S/c1-12-18-22(29)27-21(16-11-13-5-4-6-17(33-3)19(13)34-25(16)31)28-24(18)35-20(12)23(30)26-14-7-9-15(32-2)10-8-14/h4-11H,1-3H3,(H,26,30)(H,27,28,29). The van der Waals surface area contributed by atoms with Gasteiger partial charge in [0.05, 0.1) is 24.5 Å². The maximum atomic E-state index is 12.9. The third kappa shape index (κ3) is 3.93. The van der Waals surface area contributed by atoms with Crippen LogP contribution >= 0.6 is 11.3 Å². The van der Waals surface area contributed by atoms with Gasteiger partial charge in [-0.15, -0.1) is 11.3 Å². The smallest absolute Gasteiger partial charge is 0.347 e. The summed E-state index contributed by atoms with van der Waals surface area (Å²) in [6.45, 7) is 1.69. The number of carbonyl (C=O) groups is 1. The van der Waals surface area contributed by atoms with Crippen LogP contribution in [-0.2, 0) is 0 Å². The second kappa shape index (κ2) is 8.73. The van der Waals surface area contributed by atoms with E-state index in [-0.39, 0.29) is 17.3 Å². The lowest BCUT2D eigenvalue weighted by Crippen LogP contribution is -2.14. The number of nitrogens with one attached hydrogen (secondary N) is 2. The quantitative estimate of drug-likeness (QED) is 0.352. The minimum absolute atomic E-state index is 0.0596. The number of aromatic nitrogens is 2. The fourth-order valence-corrected chi connectivity index (χ4v) is 4.87. The monoisotopic (exact) mass is 489 g/mol. The Kier molecular flexibility index (Phi) is 5.58. The van der Waals surface area contributed by atoms with Crippen LogP contribution in [0.2, 0.25) is 0 Å². The summed E-state index contributed by atoms with van der Waals surface area (Å²) < 4.78 is 15.8. The molecule has 1 amide bonds. The summed E-state index contributed by atoms with van der Waals surface area (Å²) in [5.74, 6) is 0.781. The molecule has 9 nitrogen and oxygen atoms in total. The first-order valence-electron chi connectivity index (χ1n) is 10.5. The lowest BCUT2D eigenvalue weighted by Gasteiger charge is -2.05. The number of hydrogen-bond acceptors (Lipinski definition) is 8. The molecule has 176 valence electrons. The molecular formula is C25H19N3O6S. The Morgan fingerprint density at radius 1 is 1.09 bits per heavy atom. The molecule has 0 fully saturated rings. The van der Waals surface area contributed by atoms with E-state index in [9.17, 15) is 14.4 Å². The number of benzene rings is 2. The number of carbonyl (C=O) groups excluding carboxylic acids is 1. The van der Waals surface area contributed by atoms with Crippen LogP contribution in [0, 0.1) is 6.92 Å². The van der Waals surface area contributed by atoms with Gasteiger partial charge in [0, 0.05) is 11.1 Å². The summed E-state index contributed by atoms with van der Waals surface area (Å²) in [7, 11) is 3.04. The Labute approximate surface area is 202 Å². The van der Waals surface area contributed by atoms with E-state index < -0.39 is 11.2 Å². The molecule has 0 unspecified atom stereocenters. The Hall–Kier alpha value is -4.44. The zero-order chi connectivity index (χ0) is 24.7. The molecule has 35 heavy (non-hydrogen) atoms. The van der Waals surface area contributed by atoms with E-state index >= 15 is 0 Å². The molecule has 2 N–H and O–H groups in total. The van der Waals surface area contributed by atoms with Gasteiger partial charge in [0.25, 0.3) is 11.5 Å². The predicted octanol–water partition coefficient (Wildman–Crippen LogP) is 4.34. The van der Waals surface area contributed by atoms with Gasteiger partial charge in [-0.1, -0.05) is 12.1 Å². The van der Waals surface area contributed by atoms with E-state index in [0.29, 0.717) is 48.8 Å². The van der Waals surface area contributed by atoms with Gasteiger partial charge in [0.15, 0.2) is 11.3 Å². The molecule has 3 aromatic heterocycles. The number of para-hydroxylation sites is 1. The average molecular weight is 490 g/mol. The first kappa shape index (κ1) is 22.4. The zero-order valence-corrected chi connectivity index (χ0v) is 19.7. The number of anilines is 1. The zero-order valence-electron chi connectivity index (χ0n) is 18.9. The number of fused-ring (bicyclic) bond motifs is 2. The molecule has 0 radical (unpaired) electrons. The maximum Gasteiger partial charge on any atom is 0.347 e. The predicted molar refractivity (Wildman–Crippen MR) is 134 cm³/mol. The Morgan fingerprint density at radius 3 is 2.57 bits per heavy atom. The van der Waals surface area contributed by atoms with Crippen LogP contribution in [0.3, 0.4) is 0 Å². The van der Waals surface area contributed by atoms with Gasteiger partial charge < -0.3 is 24.2 Å². The molecule has 5 aromatic rings. The van der Waals surface area contributed by atoms with Crippen LogP contribution in [0.1, 0.15) is 15.2 Å². The topological polar surface area (TPSA) is 124 Å². The summed E-state index contributed by atoms with van der Waals surface area (Å²) in [6.07, 6.45) is 0. The van der Waals surface area contributed by atoms with Crippen LogP contribution in [0.4, 0.5) is 5.69 Å². The second-order valence-electron chi connectivity index (χ2n) is 7.66. The molecule has 0 aliphatic carbocycles. The SMILES string of the molecule is COc1ccc(NC(=O)c2sc3nc(-c4cc5cccc(OC)c5oc4=O)[nH]c(=O)c3c2C)cc1. The van der Waals surface area contributed by atoms with Gasteiger partial charge in [0.1, 0.15) is 22.0 Å². The number of ether oxygens (including phenoxy) is 2. The highest BCUT2D eigenvalue weighted by Crippen LogP contribution is 2.30.